The van der Waals surface area contributed by atoms with E-state index in [1.165, 1.54) is 4.68 Å². The molecule has 0 saturated carbocycles. The lowest BCUT2D eigenvalue weighted by atomic mass is 10.2. The summed E-state index contributed by atoms with van der Waals surface area (Å²) in [5, 5.41) is 7.53. The number of benzene rings is 1. The number of nitrogens with one attached hydrogen (secondary N) is 1. The molecule has 1 N–H and O–H groups in total. The number of fused-ring (bicyclic) bond motifs is 1. The van der Waals surface area contributed by atoms with Gasteiger partial charge in [0.2, 0.25) is 6.79 Å². The topological polar surface area (TPSA) is 94.9 Å². The fourth-order valence-corrected chi connectivity index (χ4v) is 3.19. The van der Waals surface area contributed by atoms with Crippen LogP contribution in [0.3, 0.4) is 0 Å². The van der Waals surface area contributed by atoms with Crippen molar-refractivity contribution in [3.8, 4) is 11.5 Å². The van der Waals surface area contributed by atoms with Gasteiger partial charge in [-0.25, -0.2) is 9.69 Å². The van der Waals surface area contributed by atoms with E-state index >= 15 is 0 Å². The Morgan fingerprint density at radius 3 is 2.65 bits per heavy atom. The number of carbonyl (C=O) groups is 2. The molecule has 1 aliphatic rings. The van der Waals surface area contributed by atoms with Crippen molar-refractivity contribution >= 4 is 12.0 Å². The number of hydrogen-bond donors (Lipinski definition) is 1. The van der Waals surface area contributed by atoms with Crippen LogP contribution in [0.15, 0.2) is 24.3 Å². The number of hydrogen-bond acceptors (Lipinski definition) is 7. The van der Waals surface area contributed by atoms with Crippen LogP contribution in [0.25, 0.3) is 0 Å². The monoisotopic (exact) mass is 430 g/mol. The van der Waals surface area contributed by atoms with E-state index in [9.17, 15) is 9.59 Å². The predicted molar refractivity (Wildman–Crippen MR) is 114 cm³/mol. The zero-order chi connectivity index (χ0) is 22.6. The Bertz CT molecular complexity index is 948. The third-order valence-electron chi connectivity index (χ3n) is 4.58. The number of amides is 2. The number of carbonyl (C=O) groups excluding carboxylic acids is 2. The quantitative estimate of drug-likeness (QED) is 0.675. The minimum absolute atomic E-state index is 0.228. The zero-order valence-corrected chi connectivity index (χ0v) is 18.7. The largest absolute Gasteiger partial charge is 0.454 e. The van der Waals surface area contributed by atoms with Crippen molar-refractivity contribution in [2.24, 2.45) is 7.05 Å². The molecule has 2 heterocycles. The van der Waals surface area contributed by atoms with Crippen LogP contribution in [-0.2, 0) is 18.3 Å². The van der Waals surface area contributed by atoms with Gasteiger partial charge in [-0.2, -0.15) is 5.10 Å². The van der Waals surface area contributed by atoms with Crippen LogP contribution in [0, 0.1) is 6.92 Å². The Morgan fingerprint density at radius 2 is 1.97 bits per heavy atom. The lowest BCUT2D eigenvalue weighted by Crippen LogP contribution is -2.42. The molecule has 0 unspecified atom stereocenters. The van der Waals surface area contributed by atoms with Gasteiger partial charge < -0.3 is 19.5 Å². The molecule has 9 nitrogen and oxygen atoms in total. The minimum Gasteiger partial charge on any atom is -0.454 e. The standard InChI is InChI=1S/C22H30N4O5/c1-15-11-17(25(5)24-15)20(27)26(21(28)31-22(2,3)4)10-6-9-23-13-16-7-8-18-19(12-16)30-14-29-18/h7-8,11-12,23H,6,9-10,13-14H2,1-5H3. The van der Waals surface area contributed by atoms with Crippen LogP contribution in [0.4, 0.5) is 4.79 Å². The van der Waals surface area contributed by atoms with Gasteiger partial charge in [-0.1, -0.05) is 6.07 Å². The molecule has 2 amide bonds. The molecule has 0 saturated heterocycles. The van der Waals surface area contributed by atoms with Crippen molar-refractivity contribution < 1.29 is 23.8 Å². The summed E-state index contributed by atoms with van der Waals surface area (Å²) in [5.41, 5.74) is 1.42. The third kappa shape index (κ3) is 5.97. The Labute approximate surface area is 182 Å². The van der Waals surface area contributed by atoms with E-state index in [2.05, 4.69) is 10.4 Å². The number of ether oxygens (including phenoxy) is 3. The fraction of sp³-hybridized carbons (Fsp3) is 0.500. The average Bonchev–Trinajstić information content (AvgIpc) is 3.27. The van der Waals surface area contributed by atoms with E-state index in [1.807, 2.05) is 18.2 Å². The summed E-state index contributed by atoms with van der Waals surface area (Å²) in [6.07, 6.45) is -0.0843. The van der Waals surface area contributed by atoms with Crippen molar-refractivity contribution in [2.75, 3.05) is 19.9 Å². The molecule has 168 valence electrons. The first-order chi connectivity index (χ1) is 14.6. The molecule has 0 spiro atoms. The van der Waals surface area contributed by atoms with E-state index in [0.29, 0.717) is 30.9 Å². The van der Waals surface area contributed by atoms with Gasteiger partial charge in [-0.05, 0) is 64.4 Å². The highest BCUT2D eigenvalue weighted by atomic mass is 16.7. The van der Waals surface area contributed by atoms with Crippen molar-refractivity contribution in [1.29, 1.82) is 0 Å². The first-order valence-electron chi connectivity index (χ1n) is 10.3. The van der Waals surface area contributed by atoms with Gasteiger partial charge in [-0.3, -0.25) is 9.48 Å². The number of nitrogens with zero attached hydrogens (tertiary/aromatic N) is 3. The molecule has 1 aromatic heterocycles. The second-order valence-corrected chi connectivity index (χ2v) is 8.45. The highest BCUT2D eigenvalue weighted by Crippen LogP contribution is 2.32. The van der Waals surface area contributed by atoms with Crippen LogP contribution in [0.5, 0.6) is 11.5 Å². The molecule has 2 aromatic rings. The highest BCUT2D eigenvalue weighted by Gasteiger charge is 2.29. The van der Waals surface area contributed by atoms with Gasteiger partial charge in [0.15, 0.2) is 11.5 Å². The maximum atomic E-state index is 13.0. The highest BCUT2D eigenvalue weighted by molar-refractivity contribution is 6.02. The molecule has 1 aromatic carbocycles. The number of imide groups is 1. The van der Waals surface area contributed by atoms with Crippen LogP contribution >= 0.6 is 0 Å². The first kappa shape index (κ1) is 22.6. The average molecular weight is 431 g/mol. The van der Waals surface area contributed by atoms with Gasteiger partial charge in [0.05, 0.1) is 5.69 Å². The number of aromatic nitrogens is 2. The van der Waals surface area contributed by atoms with Crippen molar-refractivity contribution in [1.82, 2.24) is 20.0 Å². The SMILES string of the molecule is Cc1cc(C(=O)N(CCCNCc2ccc3c(c2)OCO3)C(=O)OC(C)(C)C)n(C)n1. The molecule has 31 heavy (non-hydrogen) atoms. The van der Waals surface area contributed by atoms with Crippen LogP contribution in [0.1, 0.15) is 48.9 Å². The molecular weight excluding hydrogens is 400 g/mol. The van der Waals surface area contributed by atoms with Crippen molar-refractivity contribution in [2.45, 2.75) is 46.3 Å². The van der Waals surface area contributed by atoms with E-state index < -0.39 is 17.6 Å². The third-order valence-corrected chi connectivity index (χ3v) is 4.58. The maximum Gasteiger partial charge on any atom is 0.417 e. The molecular formula is C22H30N4O5. The minimum atomic E-state index is -0.699. The lowest BCUT2D eigenvalue weighted by Gasteiger charge is -2.26. The summed E-state index contributed by atoms with van der Waals surface area (Å²) < 4.78 is 17.6. The van der Waals surface area contributed by atoms with E-state index in [-0.39, 0.29) is 13.3 Å². The van der Waals surface area contributed by atoms with Gasteiger partial charge in [0, 0.05) is 20.1 Å². The van der Waals surface area contributed by atoms with Crippen LogP contribution in [-0.4, -0.2) is 52.2 Å². The summed E-state index contributed by atoms with van der Waals surface area (Å²) >= 11 is 0. The summed E-state index contributed by atoms with van der Waals surface area (Å²) in [5.74, 6) is 1.07. The molecule has 0 bridgehead atoms. The molecule has 0 fully saturated rings. The summed E-state index contributed by atoms with van der Waals surface area (Å²) in [6, 6.07) is 7.47. The normalized spacial score (nSPS) is 12.7. The molecule has 9 heteroatoms. The van der Waals surface area contributed by atoms with E-state index in [0.717, 1.165) is 22.0 Å². The van der Waals surface area contributed by atoms with Crippen LogP contribution < -0.4 is 14.8 Å². The second kappa shape index (κ2) is 9.38. The summed E-state index contributed by atoms with van der Waals surface area (Å²) in [4.78, 5) is 26.9. The number of rotatable bonds is 7. The van der Waals surface area contributed by atoms with Gasteiger partial charge in [0.25, 0.3) is 5.91 Å². The van der Waals surface area contributed by atoms with Crippen LogP contribution in [0.2, 0.25) is 0 Å². The van der Waals surface area contributed by atoms with E-state index in [4.69, 9.17) is 14.2 Å². The molecule has 3 rings (SSSR count). The molecule has 0 atom stereocenters. The smallest absolute Gasteiger partial charge is 0.417 e. The Morgan fingerprint density at radius 1 is 1.23 bits per heavy atom. The Kier molecular flexibility index (Phi) is 6.84. The Balaban J connectivity index is 1.57. The maximum absolute atomic E-state index is 13.0. The summed E-state index contributed by atoms with van der Waals surface area (Å²) in [6.45, 7) is 8.85. The zero-order valence-electron chi connectivity index (χ0n) is 18.7. The number of aryl methyl sites for hydroxylation is 2. The molecule has 0 aliphatic carbocycles. The van der Waals surface area contributed by atoms with Gasteiger partial charge in [0.1, 0.15) is 11.3 Å². The first-order valence-corrected chi connectivity index (χ1v) is 10.3. The molecule has 1 aliphatic heterocycles. The predicted octanol–water partition coefficient (Wildman–Crippen LogP) is 3.01. The van der Waals surface area contributed by atoms with E-state index in [1.54, 1.807) is 40.8 Å². The lowest BCUT2D eigenvalue weighted by molar-refractivity contribution is 0.0236. The Hall–Kier alpha value is -3.07. The second-order valence-electron chi connectivity index (χ2n) is 8.45. The summed E-state index contributed by atoms with van der Waals surface area (Å²) in [7, 11) is 1.68. The molecule has 0 radical (unpaired) electrons. The van der Waals surface area contributed by atoms with Gasteiger partial charge >= 0.3 is 6.09 Å². The van der Waals surface area contributed by atoms with Crippen molar-refractivity contribution in [3.05, 3.63) is 41.2 Å². The van der Waals surface area contributed by atoms with Crippen molar-refractivity contribution in [3.63, 3.8) is 0 Å². The van der Waals surface area contributed by atoms with Gasteiger partial charge in [-0.15, -0.1) is 0 Å². The fourth-order valence-electron chi connectivity index (χ4n) is 3.19.